The predicted octanol–water partition coefficient (Wildman–Crippen LogP) is 4.72. The molecule has 4 heterocycles. The summed E-state index contributed by atoms with van der Waals surface area (Å²) in [5, 5.41) is 24.8. The maximum Gasteiger partial charge on any atom is 0.275 e. The van der Waals surface area contributed by atoms with Gasteiger partial charge in [-0.15, -0.1) is 0 Å². The molecule has 6 rings (SSSR count). The standard InChI is InChI=1S/C25H24BFN6O/c1-32-12-15-11-18(25(34)23(27)24(15)31-32)19-5-6-21-20(29-19)7-8-22(30-21)33-10-9-17(13-33)26(14-28)16-3-2-4-16/h5-8,11-12,16-17,34H,2-4,9-10,13H2,1H3. The molecule has 9 heteroatoms. The summed E-state index contributed by atoms with van der Waals surface area (Å²) in [6.45, 7) is 1.91. The van der Waals surface area contributed by atoms with Gasteiger partial charge in [0.15, 0.2) is 11.6 Å². The second kappa shape index (κ2) is 7.98. The van der Waals surface area contributed by atoms with Crippen molar-refractivity contribution in [2.24, 2.45) is 7.05 Å². The Hall–Kier alpha value is -3.67. The summed E-state index contributed by atoms with van der Waals surface area (Å²) in [6.07, 6.45) is 6.35. The number of aryl methyl sites for hydroxylation is 1. The quantitative estimate of drug-likeness (QED) is 0.449. The molecule has 3 aromatic heterocycles. The van der Waals surface area contributed by atoms with Crippen molar-refractivity contribution < 1.29 is 9.50 Å². The van der Waals surface area contributed by atoms with Crippen LogP contribution in [-0.2, 0) is 7.05 Å². The van der Waals surface area contributed by atoms with E-state index in [9.17, 15) is 14.8 Å². The normalized spacial score (nSPS) is 18.4. The molecule has 1 unspecified atom stereocenters. The van der Waals surface area contributed by atoms with Gasteiger partial charge in [0.1, 0.15) is 11.3 Å². The first-order valence-corrected chi connectivity index (χ1v) is 11.8. The van der Waals surface area contributed by atoms with E-state index in [1.807, 2.05) is 18.2 Å². The number of hydrogen-bond donors (Lipinski definition) is 1. The van der Waals surface area contributed by atoms with E-state index in [0.717, 1.165) is 30.8 Å². The molecular weight excluding hydrogens is 430 g/mol. The van der Waals surface area contributed by atoms with Gasteiger partial charge >= 0.3 is 0 Å². The molecule has 1 saturated carbocycles. The number of aromatic nitrogens is 4. The number of aromatic hydroxyl groups is 1. The predicted molar refractivity (Wildman–Crippen MR) is 130 cm³/mol. The van der Waals surface area contributed by atoms with Crippen LogP contribution in [0.2, 0.25) is 11.6 Å². The Kier molecular flexibility index (Phi) is 4.91. The van der Waals surface area contributed by atoms with Crippen molar-refractivity contribution in [3.63, 3.8) is 0 Å². The second-order valence-electron chi connectivity index (χ2n) is 9.57. The van der Waals surface area contributed by atoms with E-state index in [1.54, 1.807) is 25.4 Å². The van der Waals surface area contributed by atoms with Crippen LogP contribution in [0.4, 0.5) is 10.2 Å². The van der Waals surface area contributed by atoms with E-state index < -0.39 is 11.6 Å². The van der Waals surface area contributed by atoms with Gasteiger partial charge in [-0.2, -0.15) is 5.10 Å². The lowest BCUT2D eigenvalue weighted by molar-refractivity contribution is 0.437. The molecule has 1 saturated heterocycles. The largest absolute Gasteiger partial charge is 0.504 e. The average Bonchev–Trinajstić information content (AvgIpc) is 3.44. The molecule has 2 aliphatic rings. The number of benzene rings is 1. The van der Waals surface area contributed by atoms with Gasteiger partial charge in [0.25, 0.3) is 6.71 Å². The van der Waals surface area contributed by atoms with Crippen molar-refractivity contribution in [2.75, 3.05) is 18.0 Å². The Morgan fingerprint density at radius 1 is 1.12 bits per heavy atom. The van der Waals surface area contributed by atoms with Gasteiger partial charge in [-0.25, -0.2) is 19.6 Å². The maximum atomic E-state index is 14.7. The number of nitriles is 1. The van der Waals surface area contributed by atoms with Crippen molar-refractivity contribution >= 4 is 34.5 Å². The molecule has 4 aromatic rings. The minimum absolute atomic E-state index is 0.135. The summed E-state index contributed by atoms with van der Waals surface area (Å²) in [5.41, 5.74) is 2.35. The number of nitrogens with zero attached hydrogens (tertiary/aromatic N) is 6. The maximum absolute atomic E-state index is 14.7. The number of pyridine rings is 2. The highest BCUT2D eigenvalue weighted by molar-refractivity contribution is 6.70. The molecule has 7 nitrogen and oxygen atoms in total. The third-order valence-electron chi connectivity index (χ3n) is 7.49. The fraction of sp³-hybridized carbons (Fsp3) is 0.360. The molecular formula is C25H24BFN6O. The van der Waals surface area contributed by atoms with Crippen molar-refractivity contribution in [1.29, 1.82) is 5.26 Å². The highest BCUT2D eigenvalue weighted by Crippen LogP contribution is 2.42. The van der Waals surface area contributed by atoms with E-state index >= 15 is 0 Å². The van der Waals surface area contributed by atoms with Crippen molar-refractivity contribution in [3.05, 3.63) is 42.3 Å². The number of phenolic OH excluding ortho intramolecular Hbond substituents is 1. The Morgan fingerprint density at radius 3 is 2.68 bits per heavy atom. The zero-order chi connectivity index (χ0) is 23.4. The zero-order valence-corrected chi connectivity index (χ0v) is 18.9. The van der Waals surface area contributed by atoms with Gasteiger partial charge in [-0.3, -0.25) is 4.68 Å². The Bertz CT molecular complexity index is 1460. The molecule has 1 N–H and O–H groups in total. The van der Waals surface area contributed by atoms with Gasteiger partial charge in [0.05, 0.1) is 16.7 Å². The smallest absolute Gasteiger partial charge is 0.275 e. The zero-order valence-electron chi connectivity index (χ0n) is 18.9. The molecule has 1 aliphatic heterocycles. The summed E-state index contributed by atoms with van der Waals surface area (Å²) < 4.78 is 16.2. The summed E-state index contributed by atoms with van der Waals surface area (Å²) in [4.78, 5) is 11.7. The first-order valence-electron chi connectivity index (χ1n) is 11.8. The third-order valence-corrected chi connectivity index (χ3v) is 7.49. The monoisotopic (exact) mass is 454 g/mol. The van der Waals surface area contributed by atoms with Crippen LogP contribution >= 0.6 is 0 Å². The highest BCUT2D eigenvalue weighted by atomic mass is 19.1. The summed E-state index contributed by atoms with van der Waals surface area (Å²) >= 11 is 0. The van der Waals surface area contributed by atoms with Crippen LogP contribution in [0.5, 0.6) is 5.75 Å². The molecule has 1 aromatic carbocycles. The van der Waals surface area contributed by atoms with E-state index in [-0.39, 0.29) is 12.2 Å². The van der Waals surface area contributed by atoms with Gasteiger partial charge in [0.2, 0.25) is 0 Å². The van der Waals surface area contributed by atoms with E-state index in [0.29, 0.717) is 33.8 Å². The lowest BCUT2D eigenvalue weighted by atomic mass is 9.31. The lowest BCUT2D eigenvalue weighted by Gasteiger charge is -2.30. The molecule has 1 aliphatic carbocycles. The minimum Gasteiger partial charge on any atom is -0.504 e. The molecule has 0 bridgehead atoms. The van der Waals surface area contributed by atoms with Crippen LogP contribution in [0.3, 0.4) is 0 Å². The number of phenols is 1. The number of hydrogen-bond acceptors (Lipinski definition) is 6. The van der Waals surface area contributed by atoms with Gasteiger partial charge < -0.3 is 10.0 Å². The molecule has 1 atom stereocenters. The fourth-order valence-electron chi connectivity index (χ4n) is 5.44. The summed E-state index contributed by atoms with van der Waals surface area (Å²) in [5.74, 6) is 3.23. The number of fused-ring (bicyclic) bond motifs is 2. The van der Waals surface area contributed by atoms with Crippen LogP contribution in [0.15, 0.2) is 36.5 Å². The minimum atomic E-state index is -0.746. The molecule has 0 amide bonds. The topological polar surface area (TPSA) is 90.9 Å². The number of anilines is 1. The van der Waals surface area contributed by atoms with Crippen molar-refractivity contribution in [1.82, 2.24) is 19.7 Å². The van der Waals surface area contributed by atoms with Gasteiger partial charge in [-0.05, 0) is 48.4 Å². The second-order valence-corrected chi connectivity index (χ2v) is 9.57. The molecule has 170 valence electrons. The van der Waals surface area contributed by atoms with E-state index in [2.05, 4.69) is 21.0 Å². The average molecular weight is 454 g/mol. The van der Waals surface area contributed by atoms with Crippen LogP contribution in [0, 0.1) is 17.0 Å². The first-order chi connectivity index (χ1) is 16.5. The van der Waals surface area contributed by atoms with Crippen LogP contribution in [0.25, 0.3) is 33.2 Å². The summed E-state index contributed by atoms with van der Waals surface area (Å²) in [6, 6.07) is 9.18. The van der Waals surface area contributed by atoms with Gasteiger partial charge in [0, 0.05) is 43.3 Å². The van der Waals surface area contributed by atoms with Crippen LogP contribution in [-0.4, -0.2) is 44.7 Å². The molecule has 2 fully saturated rings. The molecule has 34 heavy (non-hydrogen) atoms. The lowest BCUT2D eigenvalue weighted by Crippen LogP contribution is -2.32. The van der Waals surface area contributed by atoms with Crippen LogP contribution < -0.4 is 4.90 Å². The van der Waals surface area contributed by atoms with Crippen molar-refractivity contribution in [2.45, 2.75) is 37.3 Å². The highest BCUT2D eigenvalue weighted by Gasteiger charge is 2.40. The fourth-order valence-corrected chi connectivity index (χ4v) is 5.44. The first kappa shape index (κ1) is 20.9. The number of halogens is 1. The Morgan fingerprint density at radius 2 is 1.91 bits per heavy atom. The van der Waals surface area contributed by atoms with E-state index in [4.69, 9.17) is 4.98 Å². The van der Waals surface area contributed by atoms with Crippen LogP contribution in [0.1, 0.15) is 25.7 Å². The Labute approximate surface area is 196 Å². The Balaban J connectivity index is 1.28. The van der Waals surface area contributed by atoms with Gasteiger partial charge in [-0.1, -0.05) is 19.3 Å². The molecule has 0 spiro atoms. The third kappa shape index (κ3) is 3.36. The SMILES string of the molecule is Cn1cc2cc(-c3ccc4nc(N5CCC(B(C#N)C6CCC6)C5)ccc4n3)c(O)c(F)c2n1. The summed E-state index contributed by atoms with van der Waals surface area (Å²) in [7, 11) is 1.71. The van der Waals surface area contributed by atoms with E-state index in [1.165, 1.54) is 23.9 Å². The van der Waals surface area contributed by atoms with Crippen molar-refractivity contribution in [3.8, 4) is 23.0 Å². The molecule has 0 radical (unpaired) electrons. The number of rotatable bonds is 4.